The Morgan fingerprint density at radius 3 is 2.25 bits per heavy atom. The van der Waals surface area contributed by atoms with Gasteiger partial charge in [-0.2, -0.15) is 0 Å². The first-order chi connectivity index (χ1) is 5.72. The van der Waals surface area contributed by atoms with Crippen molar-refractivity contribution in [2.45, 2.75) is 24.0 Å². The largest absolute Gasteiger partial charge is 0.238 e. The molecule has 0 N–H and O–H groups in total. The van der Waals surface area contributed by atoms with Gasteiger partial charge in [0.05, 0.1) is 6.57 Å². The number of benzene rings is 1. The average Bonchev–Trinajstić information content (AvgIpc) is 2.05. The molecule has 0 atom stereocenters. The Balaban J connectivity index is 2.73. The lowest BCUT2D eigenvalue weighted by Gasteiger charge is -2.03. The minimum atomic E-state index is 0.601. The molecule has 0 aliphatic carbocycles. The zero-order chi connectivity index (χ0) is 8.97. The minimum absolute atomic E-state index is 0.601. The Bertz CT molecular complexity index is 282. The first kappa shape index (κ1) is 9.15. The fourth-order valence-corrected chi connectivity index (χ4v) is 1.71. The van der Waals surface area contributed by atoms with Crippen molar-refractivity contribution >= 4 is 17.4 Å². The maximum atomic E-state index is 6.77. The molecule has 0 aromatic heterocycles. The first-order valence-corrected chi connectivity index (χ1v) is 4.74. The van der Waals surface area contributed by atoms with E-state index in [9.17, 15) is 0 Å². The molecule has 0 heterocycles. The van der Waals surface area contributed by atoms with Gasteiger partial charge in [0.2, 0.25) is 0 Å². The van der Waals surface area contributed by atoms with Gasteiger partial charge in [-0.3, -0.25) is 0 Å². The summed E-state index contributed by atoms with van der Waals surface area (Å²) in [6, 6.07) is 7.71. The van der Waals surface area contributed by atoms with Crippen LogP contribution < -0.4 is 0 Å². The van der Waals surface area contributed by atoms with E-state index in [0.717, 1.165) is 0 Å². The molecular formula is C10H11NS. The molecule has 0 unspecified atom stereocenters. The second-order valence-corrected chi connectivity index (χ2v) is 4.42. The molecule has 12 heavy (non-hydrogen) atoms. The molecule has 0 fully saturated rings. The van der Waals surface area contributed by atoms with Gasteiger partial charge in [-0.25, -0.2) is 4.85 Å². The van der Waals surface area contributed by atoms with Crippen LogP contribution in [0.1, 0.15) is 13.8 Å². The summed E-state index contributed by atoms with van der Waals surface area (Å²) in [6.07, 6.45) is 0. The van der Waals surface area contributed by atoms with Crippen LogP contribution in [0.2, 0.25) is 0 Å². The van der Waals surface area contributed by atoms with Crippen molar-refractivity contribution in [1.29, 1.82) is 0 Å². The third kappa shape index (κ3) is 2.60. The van der Waals surface area contributed by atoms with Crippen molar-refractivity contribution in [2.75, 3.05) is 0 Å². The van der Waals surface area contributed by atoms with Gasteiger partial charge < -0.3 is 0 Å². The molecule has 1 aromatic carbocycles. The van der Waals surface area contributed by atoms with Gasteiger partial charge >= 0.3 is 0 Å². The summed E-state index contributed by atoms with van der Waals surface area (Å²) in [4.78, 5) is 4.57. The number of hydrogen-bond acceptors (Lipinski definition) is 1. The van der Waals surface area contributed by atoms with Crippen molar-refractivity contribution in [3.63, 3.8) is 0 Å². The Morgan fingerprint density at radius 2 is 1.83 bits per heavy atom. The van der Waals surface area contributed by atoms with Gasteiger partial charge in [0.25, 0.3) is 0 Å². The fourth-order valence-electron chi connectivity index (χ4n) is 0.871. The van der Waals surface area contributed by atoms with Crippen molar-refractivity contribution in [2.24, 2.45) is 0 Å². The molecule has 0 bridgehead atoms. The van der Waals surface area contributed by atoms with E-state index in [0.29, 0.717) is 10.9 Å². The van der Waals surface area contributed by atoms with Crippen LogP contribution in [0, 0.1) is 6.57 Å². The van der Waals surface area contributed by atoms with Crippen LogP contribution in [0.5, 0.6) is 0 Å². The average molecular weight is 177 g/mol. The maximum absolute atomic E-state index is 6.77. The third-order valence-electron chi connectivity index (χ3n) is 1.34. The molecule has 1 aromatic rings. The normalized spacial score (nSPS) is 9.83. The summed E-state index contributed by atoms with van der Waals surface area (Å²) in [6.45, 7) is 11.1. The topological polar surface area (TPSA) is 4.36 Å². The highest BCUT2D eigenvalue weighted by Crippen LogP contribution is 2.24. The Hall–Kier alpha value is -0.940. The van der Waals surface area contributed by atoms with E-state index in [1.54, 1.807) is 0 Å². The zero-order valence-electron chi connectivity index (χ0n) is 7.24. The van der Waals surface area contributed by atoms with Crippen LogP contribution in [0.3, 0.4) is 0 Å². The van der Waals surface area contributed by atoms with Gasteiger partial charge in [-0.1, -0.05) is 38.1 Å². The monoisotopic (exact) mass is 177 g/mol. The van der Waals surface area contributed by atoms with E-state index in [1.165, 1.54) is 4.90 Å². The summed E-state index contributed by atoms with van der Waals surface area (Å²) >= 11 is 1.81. The summed E-state index contributed by atoms with van der Waals surface area (Å²) in [7, 11) is 0. The van der Waals surface area contributed by atoms with Crippen molar-refractivity contribution in [3.8, 4) is 0 Å². The first-order valence-electron chi connectivity index (χ1n) is 3.86. The van der Waals surface area contributed by atoms with Crippen molar-refractivity contribution < 1.29 is 0 Å². The lowest BCUT2D eigenvalue weighted by atomic mass is 10.3. The number of rotatable bonds is 2. The second-order valence-electron chi connectivity index (χ2n) is 2.77. The highest BCUT2D eigenvalue weighted by Gasteiger charge is 1.97. The Labute approximate surface area is 77.6 Å². The van der Waals surface area contributed by atoms with Crippen LogP contribution in [0.4, 0.5) is 5.69 Å². The van der Waals surface area contributed by atoms with Crippen LogP contribution in [-0.2, 0) is 0 Å². The smallest absolute Gasteiger partial charge is 0.187 e. The molecular weight excluding hydrogens is 166 g/mol. The van der Waals surface area contributed by atoms with Crippen LogP contribution >= 0.6 is 11.8 Å². The number of nitrogens with zero attached hydrogens (tertiary/aromatic N) is 1. The van der Waals surface area contributed by atoms with Crippen LogP contribution in [0.15, 0.2) is 29.2 Å². The van der Waals surface area contributed by atoms with Crippen LogP contribution in [-0.4, -0.2) is 5.25 Å². The zero-order valence-corrected chi connectivity index (χ0v) is 8.06. The van der Waals surface area contributed by atoms with Crippen molar-refractivity contribution in [3.05, 3.63) is 35.7 Å². The van der Waals surface area contributed by atoms with E-state index >= 15 is 0 Å². The minimum Gasteiger partial charge on any atom is -0.238 e. The van der Waals surface area contributed by atoms with E-state index in [4.69, 9.17) is 6.57 Å². The molecule has 2 heteroatoms. The van der Waals surface area contributed by atoms with Crippen molar-refractivity contribution in [1.82, 2.24) is 0 Å². The summed E-state index contributed by atoms with van der Waals surface area (Å²) in [5.74, 6) is 0. The Kier molecular flexibility index (Phi) is 3.19. The molecule has 0 saturated heterocycles. The van der Waals surface area contributed by atoms with E-state index in [2.05, 4.69) is 18.7 Å². The predicted octanol–water partition coefficient (Wildman–Crippen LogP) is 3.74. The SMILES string of the molecule is [C-]#[N+]c1ccc(SC(C)C)cc1. The second kappa shape index (κ2) is 4.18. The Morgan fingerprint density at radius 1 is 1.25 bits per heavy atom. The van der Waals surface area contributed by atoms with E-state index in [1.807, 2.05) is 36.0 Å². The molecule has 1 nitrogen and oxygen atoms in total. The standard InChI is InChI=1S/C10H11NS/c1-8(2)12-10-6-4-9(11-3)5-7-10/h4-8H,1-2H3. The van der Waals surface area contributed by atoms with Gasteiger partial charge in [0.15, 0.2) is 5.69 Å². The summed E-state index contributed by atoms with van der Waals surface area (Å²) < 4.78 is 0. The molecule has 0 aliphatic heterocycles. The predicted molar refractivity (Wildman–Crippen MR) is 53.7 cm³/mol. The maximum Gasteiger partial charge on any atom is 0.187 e. The molecule has 1 rings (SSSR count). The molecule has 0 aliphatic rings. The summed E-state index contributed by atoms with van der Waals surface area (Å²) in [5.41, 5.74) is 0.711. The van der Waals surface area contributed by atoms with Gasteiger partial charge in [-0.05, 0) is 0 Å². The van der Waals surface area contributed by atoms with Crippen LogP contribution in [0.25, 0.3) is 4.85 Å². The quantitative estimate of drug-likeness (QED) is 0.492. The molecule has 0 amide bonds. The molecule has 0 radical (unpaired) electrons. The third-order valence-corrected chi connectivity index (χ3v) is 2.35. The van der Waals surface area contributed by atoms with Gasteiger partial charge in [0, 0.05) is 10.1 Å². The highest BCUT2D eigenvalue weighted by molar-refractivity contribution is 7.99. The van der Waals surface area contributed by atoms with Gasteiger partial charge in [-0.15, -0.1) is 11.8 Å². The lowest BCUT2D eigenvalue weighted by Crippen LogP contribution is -1.84. The van der Waals surface area contributed by atoms with Gasteiger partial charge in [0.1, 0.15) is 0 Å². The summed E-state index contributed by atoms with van der Waals surface area (Å²) in [5, 5.41) is 0.601. The number of hydrogen-bond donors (Lipinski definition) is 0. The fraction of sp³-hybridized carbons (Fsp3) is 0.300. The number of thioether (sulfide) groups is 1. The van der Waals surface area contributed by atoms with E-state index < -0.39 is 0 Å². The molecule has 0 spiro atoms. The lowest BCUT2D eigenvalue weighted by molar-refractivity contribution is 1.11. The molecule has 0 saturated carbocycles. The van der Waals surface area contributed by atoms with E-state index in [-0.39, 0.29) is 0 Å². The molecule has 62 valence electrons. The highest BCUT2D eigenvalue weighted by atomic mass is 32.2.